The lowest BCUT2D eigenvalue weighted by Gasteiger charge is -2.49. The molecule has 0 aromatic carbocycles. The van der Waals surface area contributed by atoms with Gasteiger partial charge in [-0.25, -0.2) is 0 Å². The summed E-state index contributed by atoms with van der Waals surface area (Å²) in [5, 5.41) is 0. The molecule has 0 aromatic rings. The van der Waals surface area contributed by atoms with Crippen LogP contribution >= 0.6 is 0 Å². The standard InChI is InChI=1S/C24H44N2O2/c1-21(2)17-23(9-15-27-21)7-5-11-25(19-23)13-14-26-12-6-8-24(20-26)10-16-28-22(3,4)18-24/h5-20H2,1-4H3/p+2/t23-,24-/m1/s1. The van der Waals surface area contributed by atoms with Gasteiger partial charge >= 0.3 is 0 Å². The molecule has 0 aliphatic carbocycles. The van der Waals surface area contributed by atoms with E-state index in [1.165, 1.54) is 90.6 Å². The molecular formula is C24H46N2O2+2. The summed E-state index contributed by atoms with van der Waals surface area (Å²) in [7, 11) is 0. The highest BCUT2D eigenvalue weighted by atomic mass is 16.5. The largest absolute Gasteiger partial charge is 0.376 e. The molecule has 0 aromatic heterocycles. The minimum atomic E-state index is 0.0844. The van der Waals surface area contributed by atoms with Crippen LogP contribution in [0.2, 0.25) is 0 Å². The first-order chi connectivity index (χ1) is 13.2. The molecule has 4 heteroatoms. The molecule has 4 nitrogen and oxygen atoms in total. The predicted octanol–water partition coefficient (Wildman–Crippen LogP) is 1.49. The molecule has 0 amide bonds. The Morgan fingerprint density at radius 1 is 0.643 bits per heavy atom. The van der Waals surface area contributed by atoms with E-state index in [0.29, 0.717) is 10.8 Å². The predicted molar refractivity (Wildman–Crippen MR) is 113 cm³/mol. The lowest BCUT2D eigenvalue weighted by atomic mass is 9.69. The van der Waals surface area contributed by atoms with E-state index in [0.717, 1.165) is 13.2 Å². The normalized spacial score (nSPS) is 43.3. The monoisotopic (exact) mass is 394 g/mol. The zero-order chi connectivity index (χ0) is 19.9. The van der Waals surface area contributed by atoms with Gasteiger partial charge in [0.1, 0.15) is 13.1 Å². The van der Waals surface area contributed by atoms with Gasteiger partial charge in [0.2, 0.25) is 0 Å². The number of piperidine rings is 2. The number of hydrogen-bond acceptors (Lipinski definition) is 2. The minimum Gasteiger partial charge on any atom is -0.376 e. The van der Waals surface area contributed by atoms with Crippen LogP contribution in [0.1, 0.15) is 79.1 Å². The van der Waals surface area contributed by atoms with Crippen molar-refractivity contribution in [3.8, 4) is 0 Å². The maximum Gasteiger partial charge on any atom is 0.127 e. The number of quaternary nitrogens is 2. The molecular weight excluding hydrogens is 348 g/mol. The van der Waals surface area contributed by atoms with Gasteiger partial charge in [-0.3, -0.25) is 0 Å². The van der Waals surface area contributed by atoms with Crippen molar-refractivity contribution in [1.82, 2.24) is 0 Å². The Labute approximate surface area is 173 Å². The third kappa shape index (κ3) is 4.94. The molecule has 2 unspecified atom stereocenters. The molecule has 2 N–H and O–H groups in total. The van der Waals surface area contributed by atoms with E-state index < -0.39 is 0 Å². The van der Waals surface area contributed by atoms with Crippen LogP contribution in [0.3, 0.4) is 0 Å². The third-order valence-corrected chi connectivity index (χ3v) is 8.41. The zero-order valence-corrected chi connectivity index (χ0v) is 19.1. The van der Waals surface area contributed by atoms with Gasteiger partial charge in [-0.15, -0.1) is 0 Å². The number of rotatable bonds is 3. The van der Waals surface area contributed by atoms with Crippen molar-refractivity contribution in [2.75, 3.05) is 52.5 Å². The highest BCUT2D eigenvalue weighted by Crippen LogP contribution is 2.43. The summed E-state index contributed by atoms with van der Waals surface area (Å²) >= 11 is 0. The molecule has 28 heavy (non-hydrogen) atoms. The summed E-state index contributed by atoms with van der Waals surface area (Å²) in [6.07, 6.45) is 10.8. The molecule has 2 spiro atoms. The fraction of sp³-hybridized carbons (Fsp3) is 1.00. The van der Waals surface area contributed by atoms with Crippen LogP contribution in [0, 0.1) is 10.8 Å². The Morgan fingerprint density at radius 3 is 1.46 bits per heavy atom. The molecule has 4 heterocycles. The van der Waals surface area contributed by atoms with E-state index in [2.05, 4.69) is 27.7 Å². The van der Waals surface area contributed by atoms with E-state index in [-0.39, 0.29) is 11.2 Å². The second-order valence-corrected chi connectivity index (χ2v) is 12.1. The van der Waals surface area contributed by atoms with Crippen molar-refractivity contribution < 1.29 is 19.3 Å². The summed E-state index contributed by atoms with van der Waals surface area (Å²) in [6, 6.07) is 0. The summed E-state index contributed by atoms with van der Waals surface area (Å²) in [5.74, 6) is 0. The van der Waals surface area contributed by atoms with Crippen LogP contribution < -0.4 is 9.80 Å². The van der Waals surface area contributed by atoms with Gasteiger partial charge in [0.15, 0.2) is 0 Å². The van der Waals surface area contributed by atoms with Crippen LogP contribution in [0.4, 0.5) is 0 Å². The molecule has 4 atom stereocenters. The van der Waals surface area contributed by atoms with Crippen molar-refractivity contribution in [3.05, 3.63) is 0 Å². The molecule has 4 fully saturated rings. The van der Waals surface area contributed by atoms with Crippen molar-refractivity contribution in [1.29, 1.82) is 0 Å². The first kappa shape index (κ1) is 21.1. The average molecular weight is 395 g/mol. The second kappa shape index (κ2) is 7.83. The van der Waals surface area contributed by atoms with E-state index in [4.69, 9.17) is 9.47 Å². The van der Waals surface area contributed by atoms with Gasteiger partial charge in [0.05, 0.1) is 37.4 Å². The summed E-state index contributed by atoms with van der Waals surface area (Å²) in [6.45, 7) is 19.4. The first-order valence-electron chi connectivity index (χ1n) is 12.1. The molecule has 0 bridgehead atoms. The van der Waals surface area contributed by atoms with E-state index >= 15 is 0 Å². The van der Waals surface area contributed by atoms with Crippen LogP contribution in [-0.2, 0) is 9.47 Å². The Hall–Kier alpha value is -0.160. The lowest BCUT2D eigenvalue weighted by Crippen LogP contribution is -3.22. The first-order valence-corrected chi connectivity index (χ1v) is 12.1. The fourth-order valence-corrected chi connectivity index (χ4v) is 7.52. The van der Waals surface area contributed by atoms with Crippen molar-refractivity contribution in [3.63, 3.8) is 0 Å². The number of ether oxygens (including phenoxy) is 2. The summed E-state index contributed by atoms with van der Waals surface area (Å²) in [5.41, 5.74) is 1.28. The average Bonchev–Trinajstić information content (AvgIpc) is 2.58. The number of nitrogens with one attached hydrogen (secondary N) is 2. The van der Waals surface area contributed by atoms with Crippen molar-refractivity contribution in [2.24, 2.45) is 10.8 Å². The molecule has 4 rings (SSSR count). The third-order valence-electron chi connectivity index (χ3n) is 8.41. The lowest BCUT2D eigenvalue weighted by molar-refractivity contribution is -0.969. The van der Waals surface area contributed by atoms with Gasteiger partial charge in [0, 0.05) is 24.0 Å². The molecule has 4 aliphatic rings. The van der Waals surface area contributed by atoms with Crippen LogP contribution in [0.5, 0.6) is 0 Å². The summed E-state index contributed by atoms with van der Waals surface area (Å²) in [4.78, 5) is 3.76. The van der Waals surface area contributed by atoms with Gasteiger partial charge in [-0.1, -0.05) is 0 Å². The smallest absolute Gasteiger partial charge is 0.127 e. The van der Waals surface area contributed by atoms with Crippen molar-refractivity contribution in [2.45, 2.75) is 90.3 Å². The van der Waals surface area contributed by atoms with Crippen LogP contribution in [-0.4, -0.2) is 63.7 Å². The number of hydrogen-bond donors (Lipinski definition) is 2. The highest BCUT2D eigenvalue weighted by Gasteiger charge is 2.47. The van der Waals surface area contributed by atoms with Crippen LogP contribution in [0.25, 0.3) is 0 Å². The van der Waals surface area contributed by atoms with E-state index in [1.807, 2.05) is 9.80 Å². The maximum absolute atomic E-state index is 6.04. The van der Waals surface area contributed by atoms with Gasteiger partial charge in [-0.05, 0) is 79.1 Å². The Balaban J connectivity index is 1.30. The molecule has 162 valence electrons. The van der Waals surface area contributed by atoms with Gasteiger partial charge in [0.25, 0.3) is 0 Å². The Bertz CT molecular complexity index is 493. The van der Waals surface area contributed by atoms with Gasteiger partial charge in [-0.2, -0.15) is 0 Å². The summed E-state index contributed by atoms with van der Waals surface area (Å²) < 4.78 is 12.1. The Morgan fingerprint density at radius 2 is 1.07 bits per heavy atom. The quantitative estimate of drug-likeness (QED) is 0.759. The molecule has 0 saturated carbocycles. The molecule has 4 aliphatic heterocycles. The van der Waals surface area contributed by atoms with Crippen molar-refractivity contribution >= 4 is 0 Å². The van der Waals surface area contributed by atoms with Gasteiger partial charge < -0.3 is 19.3 Å². The molecule has 4 saturated heterocycles. The van der Waals surface area contributed by atoms with E-state index in [9.17, 15) is 0 Å². The van der Waals surface area contributed by atoms with Crippen LogP contribution in [0.15, 0.2) is 0 Å². The van der Waals surface area contributed by atoms with E-state index in [1.54, 1.807) is 0 Å². The zero-order valence-electron chi connectivity index (χ0n) is 19.1. The topological polar surface area (TPSA) is 27.3 Å². The second-order valence-electron chi connectivity index (χ2n) is 12.1. The fourth-order valence-electron chi connectivity index (χ4n) is 7.52. The molecule has 0 radical (unpaired) electrons. The number of likely N-dealkylation sites (tertiary alicyclic amines) is 2. The maximum atomic E-state index is 6.04. The minimum absolute atomic E-state index is 0.0844. The highest BCUT2D eigenvalue weighted by molar-refractivity contribution is 4.92. The Kier molecular flexibility index (Phi) is 5.90. The SMILES string of the molecule is CC1(C)C[C@@]2(CCC[NH+](CC[NH+]3CCC[C@]4(CCOC(C)(C)C4)C3)C2)CCO1.